The summed E-state index contributed by atoms with van der Waals surface area (Å²) in [5, 5.41) is 14.1. The van der Waals surface area contributed by atoms with Gasteiger partial charge in [-0.2, -0.15) is 0 Å². The first-order valence-electron chi connectivity index (χ1n) is 5.54. The van der Waals surface area contributed by atoms with Crippen molar-refractivity contribution in [3.8, 4) is 0 Å². The Balaban J connectivity index is 2.04. The van der Waals surface area contributed by atoms with E-state index in [0.717, 1.165) is 0 Å². The molecule has 0 unspecified atom stereocenters. The van der Waals surface area contributed by atoms with Gasteiger partial charge in [-0.25, -0.2) is 9.78 Å². The highest BCUT2D eigenvalue weighted by Gasteiger charge is 2.12. The Bertz CT molecular complexity index is 678. The van der Waals surface area contributed by atoms with Crippen LogP contribution < -0.4 is 0 Å². The van der Waals surface area contributed by atoms with Crippen LogP contribution in [-0.4, -0.2) is 26.7 Å². The predicted octanol–water partition coefficient (Wildman–Crippen LogP) is 1.52. The molecule has 0 bridgehead atoms. The molecule has 2 rings (SSSR count). The molecule has 0 aliphatic heterocycles. The molecule has 0 amide bonds. The number of carbonyl (C=O) groups excluding carboxylic acids is 1. The van der Waals surface area contributed by atoms with E-state index in [9.17, 15) is 14.9 Å². The zero-order valence-corrected chi connectivity index (χ0v) is 10.5. The summed E-state index contributed by atoms with van der Waals surface area (Å²) in [6, 6.07) is 5.79. The molecule has 1 aromatic heterocycles. The van der Waals surface area contributed by atoms with Crippen LogP contribution in [0.2, 0.25) is 0 Å². The summed E-state index contributed by atoms with van der Waals surface area (Å²) >= 11 is 0. The maximum atomic E-state index is 11.6. The number of rotatable bonds is 4. The summed E-state index contributed by atoms with van der Waals surface area (Å²) in [6.07, 6.45) is 4.27. The Morgan fingerprint density at radius 3 is 3.00 bits per heavy atom. The van der Waals surface area contributed by atoms with Crippen molar-refractivity contribution in [2.24, 2.45) is 12.2 Å². The lowest BCUT2D eigenvalue weighted by Gasteiger charge is -1.97. The fourth-order valence-corrected chi connectivity index (χ4v) is 1.46. The molecular weight excluding hydrogens is 264 g/mol. The van der Waals surface area contributed by atoms with Crippen molar-refractivity contribution >= 4 is 17.9 Å². The van der Waals surface area contributed by atoms with Crippen LogP contribution in [0.15, 0.2) is 41.8 Å². The lowest BCUT2D eigenvalue weighted by Crippen LogP contribution is -2.08. The van der Waals surface area contributed by atoms with Gasteiger partial charge in [0, 0.05) is 37.1 Å². The number of hydrogen-bond donors (Lipinski definition) is 0. The van der Waals surface area contributed by atoms with Gasteiger partial charge in [-0.05, 0) is 0 Å². The maximum Gasteiger partial charge on any atom is 0.400 e. The average molecular weight is 274 g/mol. The standard InChI is InChI=1S/C12H10N4O4/c1-15-6-5-13-11(15)12(17)20-14-8-9-3-2-4-10(7-9)16(18)19/h2-8H,1H3. The SMILES string of the molecule is Cn1ccnc1C(=O)ON=Cc1cccc([N+](=O)[O-])c1. The van der Waals surface area contributed by atoms with E-state index in [1.807, 2.05) is 0 Å². The molecular formula is C12H10N4O4. The molecule has 20 heavy (non-hydrogen) atoms. The number of nitro groups is 1. The van der Waals surface area contributed by atoms with Gasteiger partial charge >= 0.3 is 5.97 Å². The van der Waals surface area contributed by atoms with Crippen molar-refractivity contribution in [3.05, 3.63) is 58.2 Å². The van der Waals surface area contributed by atoms with Crippen molar-refractivity contribution in [3.63, 3.8) is 0 Å². The molecule has 0 fully saturated rings. The van der Waals surface area contributed by atoms with E-state index < -0.39 is 10.9 Å². The van der Waals surface area contributed by atoms with Gasteiger partial charge in [0.2, 0.25) is 5.82 Å². The number of oxime groups is 1. The predicted molar refractivity (Wildman–Crippen MR) is 69.3 cm³/mol. The summed E-state index contributed by atoms with van der Waals surface area (Å²) in [6.45, 7) is 0. The first-order valence-corrected chi connectivity index (χ1v) is 5.54. The Hall–Kier alpha value is -3.03. The molecule has 0 N–H and O–H groups in total. The van der Waals surface area contributed by atoms with Gasteiger partial charge in [0.05, 0.1) is 11.1 Å². The fourth-order valence-electron chi connectivity index (χ4n) is 1.46. The van der Waals surface area contributed by atoms with E-state index >= 15 is 0 Å². The molecule has 8 heteroatoms. The number of carbonyl (C=O) groups is 1. The Morgan fingerprint density at radius 1 is 1.55 bits per heavy atom. The van der Waals surface area contributed by atoms with Gasteiger partial charge in [-0.15, -0.1) is 0 Å². The monoisotopic (exact) mass is 274 g/mol. The number of aryl methyl sites for hydroxylation is 1. The number of benzene rings is 1. The number of hydrogen-bond acceptors (Lipinski definition) is 6. The van der Waals surface area contributed by atoms with Gasteiger partial charge in [-0.3, -0.25) is 10.1 Å². The molecule has 0 radical (unpaired) electrons. The Labute approximate surface area is 113 Å². The van der Waals surface area contributed by atoms with Gasteiger partial charge in [0.1, 0.15) is 0 Å². The van der Waals surface area contributed by atoms with Crippen molar-refractivity contribution < 1.29 is 14.6 Å². The van der Waals surface area contributed by atoms with Crippen LogP contribution in [0.25, 0.3) is 0 Å². The van der Waals surface area contributed by atoms with Gasteiger partial charge in [-0.1, -0.05) is 17.3 Å². The summed E-state index contributed by atoms with van der Waals surface area (Å²) in [5.74, 6) is -0.597. The number of aromatic nitrogens is 2. The van der Waals surface area contributed by atoms with Crippen molar-refractivity contribution in [2.45, 2.75) is 0 Å². The highest BCUT2D eigenvalue weighted by molar-refractivity contribution is 5.86. The first-order chi connectivity index (χ1) is 9.58. The minimum Gasteiger partial charge on any atom is -0.328 e. The number of non-ortho nitro benzene ring substituents is 1. The largest absolute Gasteiger partial charge is 0.400 e. The van der Waals surface area contributed by atoms with Crippen LogP contribution in [0.3, 0.4) is 0 Å². The van der Waals surface area contributed by atoms with Crippen molar-refractivity contribution in [1.82, 2.24) is 9.55 Å². The van der Waals surface area contributed by atoms with Crippen LogP contribution in [0, 0.1) is 10.1 Å². The molecule has 102 valence electrons. The van der Waals surface area contributed by atoms with E-state index in [2.05, 4.69) is 15.0 Å². The third-order valence-electron chi connectivity index (χ3n) is 2.42. The topological polar surface area (TPSA) is 99.6 Å². The zero-order chi connectivity index (χ0) is 14.5. The second kappa shape index (κ2) is 5.74. The van der Waals surface area contributed by atoms with Crippen LogP contribution >= 0.6 is 0 Å². The van der Waals surface area contributed by atoms with Crippen LogP contribution in [0.5, 0.6) is 0 Å². The Kier molecular flexibility index (Phi) is 3.85. The molecule has 1 aromatic carbocycles. The molecule has 1 heterocycles. The lowest BCUT2D eigenvalue weighted by molar-refractivity contribution is -0.384. The summed E-state index contributed by atoms with van der Waals surface area (Å²) < 4.78 is 1.49. The van der Waals surface area contributed by atoms with Crippen molar-refractivity contribution in [1.29, 1.82) is 0 Å². The van der Waals surface area contributed by atoms with Gasteiger partial charge < -0.3 is 9.40 Å². The smallest absolute Gasteiger partial charge is 0.328 e. The van der Waals surface area contributed by atoms with E-state index in [-0.39, 0.29) is 11.5 Å². The second-order valence-electron chi connectivity index (χ2n) is 3.83. The van der Waals surface area contributed by atoms with Gasteiger partial charge in [0.25, 0.3) is 5.69 Å². The molecule has 0 saturated heterocycles. The molecule has 0 saturated carbocycles. The van der Waals surface area contributed by atoms with Crippen LogP contribution in [-0.2, 0) is 11.9 Å². The summed E-state index contributed by atoms with van der Waals surface area (Å²) in [4.78, 5) is 30.1. The number of nitrogens with zero attached hydrogens (tertiary/aromatic N) is 4. The quantitative estimate of drug-likeness (QED) is 0.364. The normalized spacial score (nSPS) is 10.7. The molecule has 8 nitrogen and oxygen atoms in total. The van der Waals surface area contributed by atoms with Crippen molar-refractivity contribution in [2.75, 3.05) is 0 Å². The van der Waals surface area contributed by atoms with Crippen LogP contribution in [0.4, 0.5) is 5.69 Å². The van der Waals surface area contributed by atoms with E-state index in [0.29, 0.717) is 5.56 Å². The van der Waals surface area contributed by atoms with E-state index in [4.69, 9.17) is 0 Å². The highest BCUT2D eigenvalue weighted by atomic mass is 16.7. The molecule has 0 atom stereocenters. The average Bonchev–Trinajstić information content (AvgIpc) is 2.85. The first kappa shape index (κ1) is 13.4. The second-order valence-corrected chi connectivity index (χ2v) is 3.83. The molecule has 0 aliphatic carbocycles. The highest BCUT2D eigenvalue weighted by Crippen LogP contribution is 2.11. The van der Waals surface area contributed by atoms with E-state index in [1.165, 1.54) is 35.2 Å². The third-order valence-corrected chi connectivity index (χ3v) is 2.42. The summed E-state index contributed by atoms with van der Waals surface area (Å²) in [7, 11) is 1.65. The number of nitro benzene ring substituents is 1. The maximum absolute atomic E-state index is 11.6. The molecule has 0 spiro atoms. The lowest BCUT2D eigenvalue weighted by atomic mass is 10.2. The minimum atomic E-state index is -0.709. The number of imidazole rings is 1. The van der Waals surface area contributed by atoms with Gasteiger partial charge in [0.15, 0.2) is 0 Å². The van der Waals surface area contributed by atoms with Crippen LogP contribution in [0.1, 0.15) is 16.2 Å². The zero-order valence-electron chi connectivity index (χ0n) is 10.5. The minimum absolute atomic E-state index is 0.0654. The van der Waals surface area contributed by atoms with E-state index in [1.54, 1.807) is 19.3 Å². The fraction of sp³-hybridized carbons (Fsp3) is 0.0833. The molecule has 0 aliphatic rings. The summed E-state index contributed by atoms with van der Waals surface area (Å²) in [5.41, 5.74) is 0.385. The third kappa shape index (κ3) is 3.05. The Morgan fingerprint density at radius 2 is 2.35 bits per heavy atom. The molecule has 2 aromatic rings.